The molecule has 0 aliphatic carbocycles. The molecular weight excluding hydrogens is 238 g/mol. The summed E-state index contributed by atoms with van der Waals surface area (Å²) in [6.45, 7) is 8.11. The van der Waals surface area contributed by atoms with Crippen molar-refractivity contribution in [2.45, 2.75) is 34.2 Å². The van der Waals surface area contributed by atoms with Gasteiger partial charge in [0.25, 0.3) is 0 Å². The lowest BCUT2D eigenvalue weighted by Crippen LogP contribution is -2.20. The topological polar surface area (TPSA) is 46.9 Å². The van der Waals surface area contributed by atoms with Gasteiger partial charge in [0.1, 0.15) is 6.54 Å². The van der Waals surface area contributed by atoms with Crippen LogP contribution in [-0.2, 0) is 11.3 Å². The predicted octanol–water partition coefficient (Wildman–Crippen LogP) is 2.76. The minimum atomic E-state index is -0.0556. The molecule has 0 fully saturated rings. The third-order valence-electron chi connectivity index (χ3n) is 3.06. The maximum absolute atomic E-state index is 12.0. The van der Waals surface area contributed by atoms with Crippen molar-refractivity contribution < 1.29 is 4.79 Å². The summed E-state index contributed by atoms with van der Waals surface area (Å²) in [4.78, 5) is 12.0. The Kier molecular flexibility index (Phi) is 3.69. The first-order valence-electron chi connectivity index (χ1n) is 6.34. The number of benzene rings is 1. The molecule has 0 saturated carbocycles. The molecule has 19 heavy (non-hydrogen) atoms. The van der Waals surface area contributed by atoms with Gasteiger partial charge in [-0.15, -0.1) is 0 Å². The predicted molar refractivity (Wildman–Crippen MR) is 76.2 cm³/mol. The highest BCUT2D eigenvalue weighted by atomic mass is 16.2. The van der Waals surface area contributed by atoms with E-state index in [9.17, 15) is 4.79 Å². The van der Waals surface area contributed by atoms with Crippen molar-refractivity contribution in [3.8, 4) is 0 Å². The summed E-state index contributed by atoms with van der Waals surface area (Å²) in [6, 6.07) is 7.99. The number of hydrogen-bond donors (Lipinski definition) is 1. The molecule has 0 bridgehead atoms. The minimum Gasteiger partial charge on any atom is -0.324 e. The Morgan fingerprint density at radius 2 is 1.95 bits per heavy atom. The van der Waals surface area contributed by atoms with E-state index < -0.39 is 0 Å². The molecule has 1 heterocycles. The second-order valence-corrected chi connectivity index (χ2v) is 4.95. The van der Waals surface area contributed by atoms with Crippen molar-refractivity contribution in [2.24, 2.45) is 0 Å². The Morgan fingerprint density at radius 3 is 2.58 bits per heavy atom. The Morgan fingerprint density at radius 1 is 1.21 bits per heavy atom. The average molecular weight is 257 g/mol. The van der Waals surface area contributed by atoms with Crippen LogP contribution in [0.2, 0.25) is 0 Å². The summed E-state index contributed by atoms with van der Waals surface area (Å²) in [5.41, 5.74) is 4.98. The van der Waals surface area contributed by atoms with E-state index >= 15 is 0 Å². The molecule has 0 unspecified atom stereocenters. The van der Waals surface area contributed by atoms with Gasteiger partial charge in [-0.25, -0.2) is 0 Å². The molecule has 0 spiro atoms. The molecule has 2 aromatic rings. The van der Waals surface area contributed by atoms with Crippen LogP contribution >= 0.6 is 0 Å². The highest BCUT2D eigenvalue weighted by Crippen LogP contribution is 2.16. The molecule has 4 nitrogen and oxygen atoms in total. The van der Waals surface area contributed by atoms with E-state index in [-0.39, 0.29) is 12.5 Å². The fraction of sp³-hybridized carbons (Fsp3) is 0.333. The van der Waals surface area contributed by atoms with E-state index in [4.69, 9.17) is 0 Å². The number of nitrogens with one attached hydrogen (secondary N) is 1. The van der Waals surface area contributed by atoms with E-state index in [1.165, 1.54) is 0 Å². The lowest BCUT2D eigenvalue weighted by Gasteiger charge is -2.10. The van der Waals surface area contributed by atoms with Crippen LogP contribution < -0.4 is 5.32 Å². The quantitative estimate of drug-likeness (QED) is 0.919. The van der Waals surface area contributed by atoms with Gasteiger partial charge in [0.2, 0.25) is 5.91 Å². The largest absolute Gasteiger partial charge is 0.324 e. The van der Waals surface area contributed by atoms with Gasteiger partial charge >= 0.3 is 0 Å². The van der Waals surface area contributed by atoms with Crippen LogP contribution in [0, 0.1) is 27.7 Å². The van der Waals surface area contributed by atoms with Crippen molar-refractivity contribution in [1.82, 2.24) is 9.78 Å². The molecule has 0 aliphatic heterocycles. The highest BCUT2D eigenvalue weighted by Gasteiger charge is 2.08. The molecule has 1 N–H and O–H groups in total. The number of rotatable bonds is 3. The maximum Gasteiger partial charge on any atom is 0.246 e. The number of carbonyl (C=O) groups excluding carboxylic acids is 1. The van der Waals surface area contributed by atoms with Crippen LogP contribution in [0.15, 0.2) is 24.3 Å². The number of hydrogen-bond acceptors (Lipinski definition) is 2. The van der Waals surface area contributed by atoms with Crippen LogP contribution in [0.3, 0.4) is 0 Å². The lowest BCUT2D eigenvalue weighted by molar-refractivity contribution is -0.116. The first kappa shape index (κ1) is 13.3. The molecular formula is C15H19N3O. The van der Waals surface area contributed by atoms with Gasteiger partial charge in [-0.3, -0.25) is 9.48 Å². The molecule has 0 atom stereocenters. The van der Waals surface area contributed by atoms with Crippen molar-refractivity contribution >= 4 is 11.6 Å². The zero-order valence-corrected chi connectivity index (χ0v) is 11.8. The van der Waals surface area contributed by atoms with Crippen LogP contribution in [0.5, 0.6) is 0 Å². The van der Waals surface area contributed by atoms with Crippen molar-refractivity contribution in [3.05, 3.63) is 46.8 Å². The highest BCUT2D eigenvalue weighted by molar-refractivity contribution is 5.91. The first-order valence-corrected chi connectivity index (χ1v) is 6.34. The van der Waals surface area contributed by atoms with Crippen molar-refractivity contribution in [1.29, 1.82) is 0 Å². The van der Waals surface area contributed by atoms with Crippen LogP contribution in [0.25, 0.3) is 0 Å². The molecule has 100 valence electrons. The third-order valence-corrected chi connectivity index (χ3v) is 3.06. The monoisotopic (exact) mass is 257 g/mol. The molecule has 0 radical (unpaired) electrons. The molecule has 4 heteroatoms. The first-order chi connectivity index (χ1) is 8.95. The maximum atomic E-state index is 12.0. The SMILES string of the molecule is Cc1ccc(C)c(NC(=O)Cn2nc(C)cc2C)c1. The molecule has 0 saturated heterocycles. The standard InChI is InChI=1S/C15H19N3O/c1-10-5-6-11(2)14(7-10)16-15(19)9-18-13(4)8-12(3)17-18/h5-8H,9H2,1-4H3,(H,16,19). The van der Waals surface area contributed by atoms with Gasteiger partial charge in [-0.2, -0.15) is 5.10 Å². The Bertz CT molecular complexity index is 614. The van der Waals surface area contributed by atoms with Gasteiger partial charge in [0, 0.05) is 11.4 Å². The number of amides is 1. The van der Waals surface area contributed by atoms with Crippen molar-refractivity contribution in [2.75, 3.05) is 5.32 Å². The summed E-state index contributed by atoms with van der Waals surface area (Å²) in [5.74, 6) is -0.0556. The summed E-state index contributed by atoms with van der Waals surface area (Å²) in [6.07, 6.45) is 0. The summed E-state index contributed by atoms with van der Waals surface area (Å²) in [5, 5.41) is 7.22. The Hall–Kier alpha value is -2.10. The number of aryl methyl sites for hydroxylation is 4. The van der Waals surface area contributed by atoms with Crippen molar-refractivity contribution in [3.63, 3.8) is 0 Å². The normalized spacial score (nSPS) is 10.5. The molecule has 0 aliphatic rings. The summed E-state index contributed by atoms with van der Waals surface area (Å²) >= 11 is 0. The number of nitrogens with zero attached hydrogens (tertiary/aromatic N) is 2. The molecule has 2 rings (SSSR count). The Labute approximate surface area is 113 Å². The summed E-state index contributed by atoms with van der Waals surface area (Å²) in [7, 11) is 0. The third kappa shape index (κ3) is 3.22. The minimum absolute atomic E-state index is 0.0556. The fourth-order valence-corrected chi connectivity index (χ4v) is 2.03. The molecule has 1 amide bonds. The van der Waals surface area contributed by atoms with Crippen LogP contribution in [0.4, 0.5) is 5.69 Å². The van der Waals surface area contributed by atoms with Gasteiger partial charge in [-0.05, 0) is 51.0 Å². The Balaban J connectivity index is 2.09. The summed E-state index contributed by atoms with van der Waals surface area (Å²) < 4.78 is 1.72. The van der Waals surface area contributed by atoms with Gasteiger partial charge in [0.15, 0.2) is 0 Å². The van der Waals surface area contributed by atoms with E-state index in [1.807, 2.05) is 52.0 Å². The molecule has 1 aromatic carbocycles. The van der Waals surface area contributed by atoms with Crippen LogP contribution in [0.1, 0.15) is 22.5 Å². The number of anilines is 1. The second-order valence-electron chi connectivity index (χ2n) is 4.95. The number of aromatic nitrogens is 2. The van der Waals surface area contributed by atoms with E-state index in [0.29, 0.717) is 0 Å². The van der Waals surface area contributed by atoms with E-state index in [2.05, 4.69) is 10.4 Å². The van der Waals surface area contributed by atoms with Gasteiger partial charge in [0.05, 0.1) is 5.69 Å². The van der Waals surface area contributed by atoms with E-state index in [1.54, 1.807) is 4.68 Å². The van der Waals surface area contributed by atoms with Crippen LogP contribution in [-0.4, -0.2) is 15.7 Å². The zero-order valence-electron chi connectivity index (χ0n) is 11.8. The van der Waals surface area contributed by atoms with Gasteiger partial charge < -0.3 is 5.32 Å². The average Bonchev–Trinajstić information content (AvgIpc) is 2.62. The lowest BCUT2D eigenvalue weighted by atomic mass is 10.1. The van der Waals surface area contributed by atoms with Gasteiger partial charge in [-0.1, -0.05) is 12.1 Å². The zero-order chi connectivity index (χ0) is 14.0. The second kappa shape index (κ2) is 5.26. The van der Waals surface area contributed by atoms with E-state index in [0.717, 1.165) is 28.2 Å². The smallest absolute Gasteiger partial charge is 0.246 e. The number of carbonyl (C=O) groups is 1. The fourth-order valence-electron chi connectivity index (χ4n) is 2.03. The molecule has 1 aromatic heterocycles.